The van der Waals surface area contributed by atoms with E-state index in [9.17, 15) is 0 Å². The first kappa shape index (κ1) is 12.5. The molecule has 3 rings (SSSR count). The molecular formula is C12H14N6O2. The van der Waals surface area contributed by atoms with E-state index in [1.807, 2.05) is 13.0 Å². The van der Waals surface area contributed by atoms with Crippen molar-refractivity contribution < 1.29 is 9.26 Å². The normalized spacial score (nSPS) is 11.1. The molecule has 0 atom stereocenters. The van der Waals surface area contributed by atoms with Crippen LogP contribution in [0.2, 0.25) is 0 Å². The van der Waals surface area contributed by atoms with Crippen molar-refractivity contribution in [2.45, 2.75) is 20.1 Å². The van der Waals surface area contributed by atoms with Gasteiger partial charge < -0.3 is 14.6 Å². The zero-order valence-electron chi connectivity index (χ0n) is 11.2. The Labute approximate surface area is 114 Å². The van der Waals surface area contributed by atoms with Gasteiger partial charge >= 0.3 is 0 Å². The smallest absolute Gasteiger partial charge is 0.263 e. The number of nitrogens with zero attached hydrogens (tertiary/aromatic N) is 4. The zero-order chi connectivity index (χ0) is 13.9. The van der Waals surface area contributed by atoms with Gasteiger partial charge in [-0.1, -0.05) is 5.16 Å². The number of ether oxygens (including phenoxy) is 1. The number of rotatable bonds is 5. The van der Waals surface area contributed by atoms with E-state index in [1.165, 1.54) is 6.33 Å². The highest BCUT2D eigenvalue weighted by Crippen LogP contribution is 2.22. The second kappa shape index (κ2) is 5.25. The predicted octanol–water partition coefficient (Wildman–Crippen LogP) is 1.41. The van der Waals surface area contributed by atoms with Crippen molar-refractivity contribution in [3.63, 3.8) is 0 Å². The van der Waals surface area contributed by atoms with Crippen LogP contribution in [-0.4, -0.2) is 32.4 Å². The molecule has 0 aliphatic rings. The summed E-state index contributed by atoms with van der Waals surface area (Å²) < 4.78 is 10.1. The maximum Gasteiger partial charge on any atom is 0.263 e. The van der Waals surface area contributed by atoms with Gasteiger partial charge in [-0.05, 0) is 13.0 Å². The number of hydrogen-bond acceptors (Lipinski definition) is 7. The average Bonchev–Trinajstić information content (AvgIpc) is 3.05. The van der Waals surface area contributed by atoms with Gasteiger partial charge in [-0.25, -0.2) is 4.98 Å². The summed E-state index contributed by atoms with van der Waals surface area (Å²) in [6.45, 7) is 2.90. The highest BCUT2D eigenvalue weighted by molar-refractivity contribution is 5.87. The standard InChI is InChI=1S/C12H14N6O2/c1-7-10-11(14-6-15-12(10)20-18-7)13-4-8-3-9(5-19-2)17-16-8/h3,6H,4-5H2,1-2H3,(H,16,17)(H,13,14,15). The maximum atomic E-state index is 5.10. The molecule has 8 heteroatoms. The third kappa shape index (κ3) is 2.32. The fourth-order valence-electron chi connectivity index (χ4n) is 1.96. The summed E-state index contributed by atoms with van der Waals surface area (Å²) in [5, 5.41) is 15.0. The molecule has 0 fully saturated rings. The van der Waals surface area contributed by atoms with Crippen LogP contribution in [0.4, 0.5) is 5.82 Å². The largest absolute Gasteiger partial charge is 0.378 e. The lowest BCUT2D eigenvalue weighted by atomic mass is 10.3. The molecule has 3 heterocycles. The van der Waals surface area contributed by atoms with E-state index in [0.29, 0.717) is 24.7 Å². The quantitative estimate of drug-likeness (QED) is 0.725. The highest BCUT2D eigenvalue weighted by Gasteiger charge is 2.11. The fourth-order valence-corrected chi connectivity index (χ4v) is 1.96. The van der Waals surface area contributed by atoms with Crippen LogP contribution in [0.3, 0.4) is 0 Å². The Morgan fingerprint density at radius 3 is 3.15 bits per heavy atom. The van der Waals surface area contributed by atoms with Crippen molar-refractivity contribution >= 4 is 16.9 Å². The van der Waals surface area contributed by atoms with Gasteiger partial charge in [-0.2, -0.15) is 10.1 Å². The molecule has 0 aliphatic heterocycles. The number of aromatic amines is 1. The van der Waals surface area contributed by atoms with Crippen LogP contribution in [0, 0.1) is 6.92 Å². The molecule has 104 valence electrons. The summed E-state index contributed by atoms with van der Waals surface area (Å²) >= 11 is 0. The van der Waals surface area contributed by atoms with Gasteiger partial charge in [0.25, 0.3) is 5.71 Å². The first-order chi connectivity index (χ1) is 9.78. The van der Waals surface area contributed by atoms with E-state index in [2.05, 4.69) is 30.6 Å². The van der Waals surface area contributed by atoms with Crippen molar-refractivity contribution in [3.05, 3.63) is 29.5 Å². The lowest BCUT2D eigenvalue weighted by Crippen LogP contribution is -2.02. The Hall–Kier alpha value is -2.48. The molecule has 0 aliphatic carbocycles. The second-order valence-corrected chi connectivity index (χ2v) is 4.34. The molecule has 3 aromatic rings. The number of aryl methyl sites for hydroxylation is 1. The third-order valence-corrected chi connectivity index (χ3v) is 2.87. The average molecular weight is 274 g/mol. The summed E-state index contributed by atoms with van der Waals surface area (Å²) in [7, 11) is 1.64. The lowest BCUT2D eigenvalue weighted by Gasteiger charge is -2.03. The van der Waals surface area contributed by atoms with Gasteiger partial charge in [-0.3, -0.25) is 5.10 Å². The van der Waals surface area contributed by atoms with Crippen LogP contribution >= 0.6 is 0 Å². The molecule has 0 bridgehead atoms. The summed E-state index contributed by atoms with van der Waals surface area (Å²) in [5.74, 6) is 0.691. The molecule has 0 saturated carbocycles. The molecule has 0 saturated heterocycles. The minimum absolute atomic E-state index is 0.477. The van der Waals surface area contributed by atoms with Crippen LogP contribution in [0.1, 0.15) is 17.1 Å². The topological polar surface area (TPSA) is 102 Å². The van der Waals surface area contributed by atoms with Gasteiger partial charge in [0.05, 0.1) is 30.2 Å². The number of aromatic nitrogens is 5. The fraction of sp³-hybridized carbons (Fsp3) is 0.333. The van der Waals surface area contributed by atoms with Crippen LogP contribution in [-0.2, 0) is 17.9 Å². The minimum atomic E-state index is 0.477. The molecule has 2 N–H and O–H groups in total. The Morgan fingerprint density at radius 2 is 2.30 bits per heavy atom. The lowest BCUT2D eigenvalue weighted by molar-refractivity contribution is 0.181. The summed E-state index contributed by atoms with van der Waals surface area (Å²) in [6, 6.07) is 1.94. The van der Waals surface area contributed by atoms with E-state index in [4.69, 9.17) is 9.26 Å². The minimum Gasteiger partial charge on any atom is -0.378 e. The Kier molecular flexibility index (Phi) is 3.30. The number of fused-ring (bicyclic) bond motifs is 1. The van der Waals surface area contributed by atoms with E-state index in [0.717, 1.165) is 22.5 Å². The third-order valence-electron chi connectivity index (χ3n) is 2.87. The number of H-pyrrole nitrogens is 1. The number of nitrogens with one attached hydrogen (secondary N) is 2. The number of hydrogen-bond donors (Lipinski definition) is 2. The molecule has 8 nitrogen and oxygen atoms in total. The van der Waals surface area contributed by atoms with Gasteiger partial charge in [-0.15, -0.1) is 0 Å². The van der Waals surface area contributed by atoms with E-state index in [-0.39, 0.29) is 0 Å². The summed E-state index contributed by atoms with van der Waals surface area (Å²) in [6.07, 6.45) is 1.44. The summed E-state index contributed by atoms with van der Waals surface area (Å²) in [4.78, 5) is 8.25. The van der Waals surface area contributed by atoms with Crippen LogP contribution in [0.15, 0.2) is 16.9 Å². The molecule has 3 aromatic heterocycles. The maximum absolute atomic E-state index is 5.10. The van der Waals surface area contributed by atoms with Crippen molar-refractivity contribution in [2.24, 2.45) is 0 Å². The van der Waals surface area contributed by atoms with Crippen LogP contribution in [0.5, 0.6) is 0 Å². The van der Waals surface area contributed by atoms with Crippen molar-refractivity contribution in [1.82, 2.24) is 25.3 Å². The Morgan fingerprint density at radius 1 is 1.40 bits per heavy atom. The predicted molar refractivity (Wildman–Crippen MR) is 71.0 cm³/mol. The van der Waals surface area contributed by atoms with E-state index < -0.39 is 0 Å². The molecule has 0 spiro atoms. The molecule has 0 unspecified atom stereocenters. The Balaban J connectivity index is 1.77. The van der Waals surface area contributed by atoms with Gasteiger partial charge in [0.1, 0.15) is 17.5 Å². The Bertz CT molecular complexity index is 720. The van der Waals surface area contributed by atoms with Crippen LogP contribution < -0.4 is 5.32 Å². The number of methoxy groups -OCH3 is 1. The van der Waals surface area contributed by atoms with Gasteiger partial charge in [0.15, 0.2) is 0 Å². The molecule has 0 amide bonds. The zero-order valence-corrected chi connectivity index (χ0v) is 11.2. The van der Waals surface area contributed by atoms with E-state index in [1.54, 1.807) is 7.11 Å². The first-order valence-corrected chi connectivity index (χ1v) is 6.11. The van der Waals surface area contributed by atoms with Crippen molar-refractivity contribution in [3.8, 4) is 0 Å². The van der Waals surface area contributed by atoms with Crippen molar-refractivity contribution in [2.75, 3.05) is 12.4 Å². The SMILES string of the molecule is COCc1cc(CNc2ncnc3onc(C)c23)[nH]n1. The van der Waals surface area contributed by atoms with Crippen LogP contribution in [0.25, 0.3) is 11.1 Å². The van der Waals surface area contributed by atoms with E-state index >= 15 is 0 Å². The van der Waals surface area contributed by atoms with Crippen molar-refractivity contribution in [1.29, 1.82) is 0 Å². The molecule has 0 aromatic carbocycles. The molecule has 20 heavy (non-hydrogen) atoms. The summed E-state index contributed by atoms with van der Waals surface area (Å²) in [5.41, 5.74) is 3.04. The monoisotopic (exact) mass is 274 g/mol. The second-order valence-electron chi connectivity index (χ2n) is 4.34. The highest BCUT2D eigenvalue weighted by atomic mass is 16.5. The van der Waals surface area contributed by atoms with Gasteiger partial charge in [0, 0.05) is 7.11 Å². The molecule has 0 radical (unpaired) electrons. The number of anilines is 1. The van der Waals surface area contributed by atoms with Gasteiger partial charge in [0.2, 0.25) is 0 Å². The molecular weight excluding hydrogens is 260 g/mol. The first-order valence-electron chi connectivity index (χ1n) is 6.11.